The van der Waals surface area contributed by atoms with E-state index in [2.05, 4.69) is 68.4 Å². The predicted molar refractivity (Wildman–Crippen MR) is 91.8 cm³/mol. The molecule has 0 amide bonds. The fourth-order valence-electron chi connectivity index (χ4n) is 3.54. The van der Waals surface area contributed by atoms with Gasteiger partial charge in [-0.25, -0.2) is 0 Å². The lowest BCUT2D eigenvalue weighted by Crippen LogP contribution is -2.48. The lowest BCUT2D eigenvalue weighted by molar-refractivity contribution is 0.189. The Kier molecular flexibility index (Phi) is 5.83. The van der Waals surface area contributed by atoms with Crippen LogP contribution in [0.2, 0.25) is 0 Å². The van der Waals surface area contributed by atoms with Gasteiger partial charge in [0, 0.05) is 30.6 Å². The Morgan fingerprint density at radius 3 is 2.38 bits per heavy atom. The van der Waals surface area contributed by atoms with Crippen molar-refractivity contribution in [2.45, 2.75) is 64.0 Å². The van der Waals surface area contributed by atoms with E-state index in [4.69, 9.17) is 0 Å². The Morgan fingerprint density at radius 1 is 1.19 bits per heavy atom. The molecule has 21 heavy (non-hydrogen) atoms. The van der Waals surface area contributed by atoms with Gasteiger partial charge < -0.3 is 10.2 Å². The third kappa shape index (κ3) is 4.55. The van der Waals surface area contributed by atoms with Crippen LogP contribution >= 0.6 is 0 Å². The van der Waals surface area contributed by atoms with Crippen LogP contribution in [0, 0.1) is 0 Å². The lowest BCUT2D eigenvalue weighted by Gasteiger charge is -2.37. The molecular weight excluding hydrogens is 256 g/mol. The van der Waals surface area contributed by atoms with Crippen LogP contribution < -0.4 is 5.32 Å². The molecule has 2 rings (SSSR count). The van der Waals surface area contributed by atoms with Crippen LogP contribution in [0.25, 0.3) is 0 Å². The van der Waals surface area contributed by atoms with Crippen molar-refractivity contribution in [3.63, 3.8) is 0 Å². The summed E-state index contributed by atoms with van der Waals surface area (Å²) in [5.74, 6) is 0. The molecule has 1 aromatic carbocycles. The number of rotatable bonds is 7. The van der Waals surface area contributed by atoms with Crippen LogP contribution in [0.3, 0.4) is 0 Å². The number of likely N-dealkylation sites (N-methyl/N-ethyl adjacent to an activating group) is 1. The molecule has 1 aliphatic rings. The zero-order valence-electron chi connectivity index (χ0n) is 14.2. The van der Waals surface area contributed by atoms with Gasteiger partial charge in [-0.1, -0.05) is 63.9 Å². The summed E-state index contributed by atoms with van der Waals surface area (Å²) in [4.78, 5) is 2.60. The fraction of sp³-hybridized carbons (Fsp3) is 0.684. The van der Waals surface area contributed by atoms with Crippen molar-refractivity contribution in [3.8, 4) is 0 Å². The average Bonchev–Trinajstić information content (AvgIpc) is 3.00. The molecule has 1 fully saturated rings. The van der Waals surface area contributed by atoms with Gasteiger partial charge >= 0.3 is 0 Å². The van der Waals surface area contributed by atoms with Crippen molar-refractivity contribution in [1.82, 2.24) is 10.2 Å². The maximum atomic E-state index is 3.65. The molecule has 0 heterocycles. The molecule has 0 saturated heterocycles. The van der Waals surface area contributed by atoms with Crippen molar-refractivity contribution in [2.24, 2.45) is 0 Å². The van der Waals surface area contributed by atoms with Crippen molar-refractivity contribution < 1.29 is 0 Å². The molecule has 0 bridgehead atoms. The smallest absolute Gasteiger partial charge is 0.0177 e. The summed E-state index contributed by atoms with van der Waals surface area (Å²) < 4.78 is 0. The third-order valence-electron chi connectivity index (χ3n) is 4.92. The largest absolute Gasteiger partial charge is 0.314 e. The van der Waals surface area contributed by atoms with Crippen LogP contribution in [0.5, 0.6) is 0 Å². The lowest BCUT2D eigenvalue weighted by atomic mass is 9.81. The van der Waals surface area contributed by atoms with E-state index < -0.39 is 0 Å². The summed E-state index contributed by atoms with van der Waals surface area (Å²) in [7, 11) is 2.31. The van der Waals surface area contributed by atoms with Gasteiger partial charge in [0.1, 0.15) is 0 Å². The normalized spacial score (nSPS) is 19.3. The van der Waals surface area contributed by atoms with E-state index in [-0.39, 0.29) is 5.41 Å². The fourth-order valence-corrected chi connectivity index (χ4v) is 3.54. The first-order chi connectivity index (χ1) is 10.0. The molecule has 1 saturated carbocycles. The molecular formula is C19H32N2. The van der Waals surface area contributed by atoms with Crippen LogP contribution in [0.4, 0.5) is 0 Å². The van der Waals surface area contributed by atoms with E-state index in [0.29, 0.717) is 6.04 Å². The molecule has 2 heteroatoms. The van der Waals surface area contributed by atoms with Crippen molar-refractivity contribution >= 4 is 0 Å². The summed E-state index contributed by atoms with van der Waals surface area (Å²) in [5, 5.41) is 3.65. The predicted octanol–water partition coefficient (Wildman–Crippen LogP) is 3.82. The summed E-state index contributed by atoms with van der Waals surface area (Å²) in [5.41, 5.74) is 1.62. The number of benzene rings is 1. The van der Waals surface area contributed by atoms with Crippen LogP contribution in [0.1, 0.15) is 52.0 Å². The van der Waals surface area contributed by atoms with Gasteiger partial charge in [-0.3, -0.25) is 0 Å². The van der Waals surface area contributed by atoms with E-state index in [1.165, 1.54) is 31.2 Å². The van der Waals surface area contributed by atoms with Gasteiger partial charge in [0.2, 0.25) is 0 Å². The first-order valence-electron chi connectivity index (χ1n) is 8.50. The highest BCUT2D eigenvalue weighted by Gasteiger charge is 2.31. The van der Waals surface area contributed by atoms with Crippen molar-refractivity contribution in [3.05, 3.63) is 35.9 Å². The number of hydrogen-bond donors (Lipinski definition) is 1. The van der Waals surface area contributed by atoms with E-state index in [9.17, 15) is 0 Å². The SMILES string of the molecule is CC(C)NCC(C)(CN(C)C1CCCC1)c1ccccc1. The number of hydrogen-bond acceptors (Lipinski definition) is 2. The first kappa shape index (κ1) is 16.5. The quantitative estimate of drug-likeness (QED) is 0.820. The molecule has 1 aromatic rings. The van der Waals surface area contributed by atoms with Crippen LogP contribution in [-0.4, -0.2) is 37.1 Å². The van der Waals surface area contributed by atoms with Gasteiger partial charge in [-0.05, 0) is 25.5 Å². The summed E-state index contributed by atoms with van der Waals surface area (Å²) >= 11 is 0. The number of nitrogens with one attached hydrogen (secondary N) is 1. The molecule has 0 spiro atoms. The minimum Gasteiger partial charge on any atom is -0.314 e. The molecule has 0 aliphatic heterocycles. The minimum atomic E-state index is 0.170. The standard InChI is InChI=1S/C19H32N2/c1-16(2)20-14-19(3,17-10-6-5-7-11-17)15-21(4)18-12-8-9-13-18/h5-7,10-11,16,18,20H,8-9,12-15H2,1-4H3. The summed E-state index contributed by atoms with van der Waals surface area (Å²) in [6.07, 6.45) is 5.56. The van der Waals surface area contributed by atoms with Crippen LogP contribution in [0.15, 0.2) is 30.3 Å². The first-order valence-corrected chi connectivity index (χ1v) is 8.50. The second kappa shape index (κ2) is 7.42. The highest BCUT2D eigenvalue weighted by molar-refractivity contribution is 5.25. The second-order valence-corrected chi connectivity index (χ2v) is 7.32. The molecule has 1 unspecified atom stereocenters. The Balaban J connectivity index is 2.11. The highest BCUT2D eigenvalue weighted by Crippen LogP contribution is 2.28. The van der Waals surface area contributed by atoms with Crippen molar-refractivity contribution in [2.75, 3.05) is 20.1 Å². The minimum absolute atomic E-state index is 0.170. The van der Waals surface area contributed by atoms with Gasteiger partial charge in [0.15, 0.2) is 0 Å². The zero-order valence-corrected chi connectivity index (χ0v) is 14.2. The van der Waals surface area contributed by atoms with E-state index in [1.807, 2.05) is 0 Å². The van der Waals surface area contributed by atoms with E-state index >= 15 is 0 Å². The number of nitrogens with zero attached hydrogens (tertiary/aromatic N) is 1. The molecule has 1 atom stereocenters. The highest BCUT2D eigenvalue weighted by atomic mass is 15.1. The Hall–Kier alpha value is -0.860. The Bertz CT molecular complexity index is 409. The zero-order chi connectivity index (χ0) is 15.3. The maximum absolute atomic E-state index is 3.65. The van der Waals surface area contributed by atoms with E-state index in [1.54, 1.807) is 0 Å². The third-order valence-corrected chi connectivity index (χ3v) is 4.92. The average molecular weight is 288 g/mol. The van der Waals surface area contributed by atoms with Gasteiger partial charge in [-0.2, -0.15) is 0 Å². The van der Waals surface area contributed by atoms with Gasteiger partial charge in [0.25, 0.3) is 0 Å². The molecule has 1 aliphatic carbocycles. The summed E-state index contributed by atoms with van der Waals surface area (Å²) in [6.45, 7) is 9.02. The maximum Gasteiger partial charge on any atom is 0.0177 e. The molecule has 0 radical (unpaired) electrons. The molecule has 2 nitrogen and oxygen atoms in total. The monoisotopic (exact) mass is 288 g/mol. The molecule has 0 aromatic heterocycles. The van der Waals surface area contributed by atoms with Gasteiger partial charge in [-0.15, -0.1) is 0 Å². The van der Waals surface area contributed by atoms with Crippen molar-refractivity contribution in [1.29, 1.82) is 0 Å². The summed E-state index contributed by atoms with van der Waals surface area (Å²) in [6, 6.07) is 12.3. The Morgan fingerprint density at radius 2 is 1.81 bits per heavy atom. The van der Waals surface area contributed by atoms with Crippen LogP contribution in [-0.2, 0) is 5.41 Å². The molecule has 1 N–H and O–H groups in total. The van der Waals surface area contributed by atoms with Gasteiger partial charge in [0.05, 0.1) is 0 Å². The Labute approximate surface area is 130 Å². The second-order valence-electron chi connectivity index (χ2n) is 7.32. The van der Waals surface area contributed by atoms with E-state index in [0.717, 1.165) is 19.1 Å². The molecule has 118 valence electrons. The topological polar surface area (TPSA) is 15.3 Å².